The zero-order chi connectivity index (χ0) is 24.4. The molecule has 0 spiro atoms. The largest absolute Gasteiger partial charge is 0.497 e. The molecule has 0 aliphatic carbocycles. The van der Waals surface area contributed by atoms with Gasteiger partial charge in [-0.3, -0.25) is 9.48 Å². The number of benzene rings is 2. The van der Waals surface area contributed by atoms with Crippen molar-refractivity contribution in [3.63, 3.8) is 0 Å². The lowest BCUT2D eigenvalue weighted by molar-refractivity contribution is -0.116. The molecule has 1 amide bonds. The van der Waals surface area contributed by atoms with Gasteiger partial charge in [0.2, 0.25) is 5.91 Å². The molecule has 0 saturated heterocycles. The summed E-state index contributed by atoms with van der Waals surface area (Å²) in [6, 6.07) is 17.4. The molecule has 176 valence electrons. The van der Waals surface area contributed by atoms with Crippen LogP contribution in [-0.2, 0) is 17.9 Å². The number of nitrogens with one attached hydrogen (secondary N) is 1. The number of rotatable bonds is 7. The summed E-state index contributed by atoms with van der Waals surface area (Å²) in [5.74, 6) is 0.603. The van der Waals surface area contributed by atoms with Crippen LogP contribution in [0.5, 0.6) is 5.75 Å². The van der Waals surface area contributed by atoms with Gasteiger partial charge in [0.05, 0.1) is 30.6 Å². The Morgan fingerprint density at radius 2 is 1.97 bits per heavy atom. The molecule has 3 aromatic heterocycles. The van der Waals surface area contributed by atoms with Crippen LogP contribution in [0.1, 0.15) is 11.3 Å². The van der Waals surface area contributed by atoms with E-state index in [4.69, 9.17) is 16.3 Å². The summed E-state index contributed by atoms with van der Waals surface area (Å²) in [5.41, 5.74) is 5.20. The predicted octanol–water partition coefficient (Wildman–Crippen LogP) is 4.95. The molecule has 2 aromatic carbocycles. The molecule has 9 heteroatoms. The topological polar surface area (TPSA) is 86.9 Å². The monoisotopic (exact) mass is 486 g/mol. The molecule has 8 nitrogen and oxygen atoms in total. The molecule has 3 heterocycles. The number of halogens is 1. The van der Waals surface area contributed by atoms with Crippen LogP contribution in [0.15, 0.2) is 73.2 Å². The van der Waals surface area contributed by atoms with Crippen LogP contribution in [0.25, 0.3) is 22.2 Å². The van der Waals surface area contributed by atoms with E-state index in [0.717, 1.165) is 33.5 Å². The Kier molecular flexibility index (Phi) is 6.20. The van der Waals surface area contributed by atoms with Crippen molar-refractivity contribution in [3.05, 3.63) is 89.5 Å². The number of methoxy groups -OCH3 is 1. The minimum absolute atomic E-state index is 0.0440. The van der Waals surface area contributed by atoms with Crippen LogP contribution in [0, 0.1) is 6.92 Å². The first-order valence-electron chi connectivity index (χ1n) is 11.0. The van der Waals surface area contributed by atoms with E-state index in [1.54, 1.807) is 35.1 Å². The fraction of sp³-hybridized carbons (Fsp3) is 0.154. The summed E-state index contributed by atoms with van der Waals surface area (Å²) < 4.78 is 8.65. The molecule has 5 aromatic rings. The second-order valence-corrected chi connectivity index (χ2v) is 8.57. The lowest BCUT2D eigenvalue weighted by Crippen LogP contribution is -2.20. The lowest BCUT2D eigenvalue weighted by atomic mass is 10.0. The molecule has 0 unspecified atom stereocenters. The molecule has 0 radical (unpaired) electrons. The molecular weight excluding hydrogens is 464 g/mol. The van der Waals surface area contributed by atoms with Gasteiger partial charge >= 0.3 is 0 Å². The summed E-state index contributed by atoms with van der Waals surface area (Å²) in [6.45, 7) is 2.52. The highest BCUT2D eigenvalue weighted by molar-refractivity contribution is 6.30. The highest BCUT2D eigenvalue weighted by atomic mass is 35.5. The number of hydrogen-bond donors (Lipinski definition) is 1. The Morgan fingerprint density at radius 1 is 1.14 bits per heavy atom. The molecule has 5 rings (SSSR count). The summed E-state index contributed by atoms with van der Waals surface area (Å²) in [6.07, 6.45) is 5.09. The Morgan fingerprint density at radius 3 is 2.71 bits per heavy atom. The van der Waals surface area contributed by atoms with E-state index in [9.17, 15) is 4.79 Å². The van der Waals surface area contributed by atoms with Crippen molar-refractivity contribution in [2.45, 2.75) is 20.0 Å². The van der Waals surface area contributed by atoms with Gasteiger partial charge in [-0.25, -0.2) is 9.67 Å². The minimum Gasteiger partial charge on any atom is -0.497 e. The quantitative estimate of drug-likeness (QED) is 0.351. The van der Waals surface area contributed by atoms with Gasteiger partial charge in [0.1, 0.15) is 12.3 Å². The molecule has 0 aliphatic rings. The first-order valence-corrected chi connectivity index (χ1v) is 11.4. The Balaban J connectivity index is 1.35. The molecule has 35 heavy (non-hydrogen) atoms. The summed E-state index contributed by atoms with van der Waals surface area (Å²) in [7, 11) is 1.64. The highest BCUT2D eigenvalue weighted by Gasteiger charge is 2.16. The van der Waals surface area contributed by atoms with Gasteiger partial charge in [-0.05, 0) is 53.9 Å². The lowest BCUT2D eigenvalue weighted by Gasteiger charge is -2.09. The summed E-state index contributed by atoms with van der Waals surface area (Å²) >= 11 is 5.95. The standard InChI is InChI=1S/C26H23ClN6O2/c1-17-25-23(19-6-8-22(35-2)9-7-19)10-11-28-26(25)33(31-17)16-24(34)30-21-5-3-4-18(12-21)14-32-15-20(27)13-29-32/h3-13,15H,14,16H2,1-2H3,(H,30,34). The van der Waals surface area contributed by atoms with E-state index < -0.39 is 0 Å². The third kappa shape index (κ3) is 4.88. The number of hydrogen-bond acceptors (Lipinski definition) is 5. The molecule has 0 atom stereocenters. The third-order valence-corrected chi connectivity index (χ3v) is 5.85. The second kappa shape index (κ2) is 9.60. The average molecular weight is 487 g/mol. The number of carbonyl (C=O) groups is 1. The van der Waals surface area contributed by atoms with Crippen LogP contribution in [-0.4, -0.2) is 37.6 Å². The maximum atomic E-state index is 12.9. The second-order valence-electron chi connectivity index (χ2n) is 8.13. The van der Waals surface area contributed by atoms with Crippen LogP contribution >= 0.6 is 11.6 Å². The molecule has 0 aliphatic heterocycles. The maximum absolute atomic E-state index is 12.9. The van der Waals surface area contributed by atoms with Crippen LogP contribution in [0.3, 0.4) is 0 Å². The number of pyridine rings is 1. The van der Waals surface area contributed by atoms with Gasteiger partial charge in [-0.1, -0.05) is 35.9 Å². The predicted molar refractivity (Wildman–Crippen MR) is 136 cm³/mol. The van der Waals surface area contributed by atoms with E-state index in [2.05, 4.69) is 20.5 Å². The van der Waals surface area contributed by atoms with Gasteiger partial charge in [0, 0.05) is 23.5 Å². The first kappa shape index (κ1) is 22.6. The fourth-order valence-electron chi connectivity index (χ4n) is 4.10. The van der Waals surface area contributed by atoms with Crippen LogP contribution in [0.2, 0.25) is 5.02 Å². The van der Waals surface area contributed by atoms with E-state index in [0.29, 0.717) is 22.9 Å². The zero-order valence-corrected chi connectivity index (χ0v) is 20.0. The highest BCUT2D eigenvalue weighted by Crippen LogP contribution is 2.31. The molecule has 1 N–H and O–H groups in total. The van der Waals surface area contributed by atoms with Crippen LogP contribution < -0.4 is 10.1 Å². The molecule has 0 fully saturated rings. The van der Waals surface area contributed by atoms with E-state index >= 15 is 0 Å². The van der Waals surface area contributed by atoms with Gasteiger partial charge in [-0.15, -0.1) is 0 Å². The van der Waals surface area contributed by atoms with Crippen molar-refractivity contribution in [3.8, 4) is 16.9 Å². The SMILES string of the molecule is COc1ccc(-c2ccnc3c2c(C)nn3CC(=O)Nc2cccc(Cn3cc(Cl)cn3)c2)cc1. The van der Waals surface area contributed by atoms with Crippen molar-refractivity contribution < 1.29 is 9.53 Å². The van der Waals surface area contributed by atoms with Crippen molar-refractivity contribution in [1.82, 2.24) is 24.5 Å². The fourth-order valence-corrected chi connectivity index (χ4v) is 4.26. The minimum atomic E-state index is -0.190. The zero-order valence-electron chi connectivity index (χ0n) is 19.3. The number of fused-ring (bicyclic) bond motifs is 1. The third-order valence-electron chi connectivity index (χ3n) is 5.66. The maximum Gasteiger partial charge on any atom is 0.246 e. The van der Waals surface area contributed by atoms with E-state index in [-0.39, 0.29) is 12.5 Å². The number of nitrogens with zero attached hydrogens (tertiary/aromatic N) is 5. The summed E-state index contributed by atoms with van der Waals surface area (Å²) in [4.78, 5) is 17.4. The molecule has 0 saturated carbocycles. The first-order chi connectivity index (χ1) is 17.0. The smallest absolute Gasteiger partial charge is 0.246 e. The van der Waals surface area contributed by atoms with Gasteiger partial charge in [0.15, 0.2) is 5.65 Å². The number of ether oxygens (including phenoxy) is 1. The van der Waals surface area contributed by atoms with Gasteiger partial charge in [-0.2, -0.15) is 10.2 Å². The average Bonchev–Trinajstić information content (AvgIpc) is 3.41. The van der Waals surface area contributed by atoms with Crippen molar-refractivity contribution in [2.24, 2.45) is 0 Å². The Bertz CT molecular complexity index is 1510. The Labute approximate surface area is 207 Å². The van der Waals surface area contributed by atoms with Crippen molar-refractivity contribution >= 4 is 34.2 Å². The van der Waals surface area contributed by atoms with E-state index in [1.165, 1.54) is 0 Å². The molecule has 0 bridgehead atoms. The Hall–Kier alpha value is -4.17. The normalized spacial score (nSPS) is 11.1. The van der Waals surface area contributed by atoms with Crippen molar-refractivity contribution in [1.29, 1.82) is 0 Å². The number of carbonyl (C=O) groups excluding carboxylic acids is 1. The van der Waals surface area contributed by atoms with Gasteiger partial charge in [0.25, 0.3) is 0 Å². The van der Waals surface area contributed by atoms with Crippen molar-refractivity contribution in [2.75, 3.05) is 12.4 Å². The van der Waals surface area contributed by atoms with Crippen LogP contribution in [0.4, 0.5) is 5.69 Å². The number of amides is 1. The van der Waals surface area contributed by atoms with Gasteiger partial charge < -0.3 is 10.1 Å². The number of aryl methyl sites for hydroxylation is 1. The number of aromatic nitrogens is 5. The summed E-state index contributed by atoms with van der Waals surface area (Å²) in [5, 5.41) is 13.3. The molecular formula is C26H23ClN6O2. The number of anilines is 1. The van der Waals surface area contributed by atoms with E-state index in [1.807, 2.05) is 61.5 Å².